The van der Waals surface area contributed by atoms with Crippen molar-refractivity contribution < 1.29 is 28.1 Å². The Labute approximate surface area is 216 Å². The second kappa shape index (κ2) is 16.1. The highest BCUT2D eigenvalue weighted by Gasteiger charge is 2.64. The minimum atomic E-state index is -4.65. The van der Waals surface area contributed by atoms with Gasteiger partial charge in [0, 0.05) is 25.2 Å². The number of hydrogen-bond donors (Lipinski definition) is 2. The molecule has 0 saturated carbocycles. The van der Waals surface area contributed by atoms with E-state index >= 15 is 0 Å². The van der Waals surface area contributed by atoms with Crippen LogP contribution in [0.15, 0.2) is 0 Å². The van der Waals surface area contributed by atoms with Crippen molar-refractivity contribution in [1.29, 1.82) is 0 Å². The molecule has 3 fully saturated rings. The van der Waals surface area contributed by atoms with Crippen LogP contribution in [0.25, 0.3) is 0 Å². The van der Waals surface area contributed by atoms with Crippen LogP contribution in [0.3, 0.4) is 0 Å². The lowest BCUT2D eigenvalue weighted by molar-refractivity contribution is -0.963. The Balaban J connectivity index is 1.70. The van der Waals surface area contributed by atoms with Crippen molar-refractivity contribution >= 4 is 7.82 Å². The second-order valence-corrected chi connectivity index (χ2v) is 12.8. The summed E-state index contributed by atoms with van der Waals surface area (Å²) in [4.78, 5) is 19.6. The fourth-order valence-electron chi connectivity index (χ4n) is 6.58. The maximum absolute atomic E-state index is 12.1. The molecule has 208 valence electrons. The monoisotopic (exact) mass is 518 g/mol. The number of piperidine rings is 3. The van der Waals surface area contributed by atoms with E-state index in [1.165, 1.54) is 77.0 Å². The molecule has 35 heavy (non-hydrogen) atoms. The van der Waals surface area contributed by atoms with Crippen LogP contribution in [-0.2, 0) is 13.8 Å². The zero-order chi connectivity index (χ0) is 25.6. The summed E-state index contributed by atoms with van der Waals surface area (Å²) in [6, 6.07) is -0.00535. The van der Waals surface area contributed by atoms with E-state index in [1.54, 1.807) is 0 Å². The molecular weight excluding hydrogens is 461 g/mol. The van der Waals surface area contributed by atoms with Gasteiger partial charge in [0.15, 0.2) is 0 Å². The Morgan fingerprint density at radius 1 is 0.771 bits per heavy atom. The molecule has 2 atom stereocenters. The third kappa shape index (κ3) is 10.4. The molecule has 3 aliphatic rings. The number of hydrogen-bond acceptors (Lipinski definition) is 3. The van der Waals surface area contributed by atoms with Crippen LogP contribution in [0.5, 0.6) is 0 Å². The first-order valence-electron chi connectivity index (χ1n) is 15.0. The minimum Gasteiger partial charge on any atom is -0.344 e. The summed E-state index contributed by atoms with van der Waals surface area (Å²) in [6.45, 7) is 7.06. The van der Waals surface area contributed by atoms with E-state index in [-0.39, 0.29) is 12.0 Å². The lowest BCUT2D eigenvalue weighted by atomic mass is 9.74. The van der Waals surface area contributed by atoms with E-state index in [0.29, 0.717) is 6.61 Å². The van der Waals surface area contributed by atoms with Crippen LogP contribution < -0.4 is 0 Å². The first-order valence-corrected chi connectivity index (χ1v) is 16.5. The molecule has 0 spiro atoms. The van der Waals surface area contributed by atoms with Gasteiger partial charge in [-0.15, -0.1) is 0 Å². The lowest BCUT2D eigenvalue weighted by Crippen LogP contribution is -2.75. The quantitative estimate of drug-likeness (QED) is 0.0704. The van der Waals surface area contributed by atoms with Crippen molar-refractivity contribution in [1.82, 2.24) is 0 Å². The van der Waals surface area contributed by atoms with Crippen molar-refractivity contribution in [3.05, 3.63) is 0 Å². The van der Waals surface area contributed by atoms with Crippen LogP contribution in [0.4, 0.5) is 0 Å². The maximum Gasteiger partial charge on any atom is 0.472 e. The molecule has 2 bridgehead atoms. The van der Waals surface area contributed by atoms with Gasteiger partial charge in [-0.25, -0.2) is 9.09 Å². The van der Waals surface area contributed by atoms with Crippen LogP contribution >= 0.6 is 7.82 Å². The van der Waals surface area contributed by atoms with Gasteiger partial charge in [-0.2, -0.15) is 0 Å². The zero-order valence-corrected chi connectivity index (χ0v) is 24.1. The predicted octanol–water partition coefficient (Wildman–Crippen LogP) is 7.72. The summed E-state index contributed by atoms with van der Waals surface area (Å²) in [5, 5.41) is 0. The number of ether oxygens (including phenoxy) is 1. The van der Waals surface area contributed by atoms with Gasteiger partial charge < -0.3 is 19.0 Å². The highest BCUT2D eigenvalue weighted by molar-refractivity contribution is 7.46. The number of unbranched alkanes of at least 4 members (excludes halogenated alkanes) is 14. The van der Waals surface area contributed by atoms with Gasteiger partial charge in [0.1, 0.15) is 6.04 Å². The van der Waals surface area contributed by atoms with Gasteiger partial charge in [-0.05, 0) is 12.8 Å². The van der Waals surface area contributed by atoms with Gasteiger partial charge >= 0.3 is 7.82 Å². The molecule has 0 aromatic carbocycles. The highest BCUT2D eigenvalue weighted by atomic mass is 31.2. The number of fused-ring (bicyclic) bond motifs is 3. The van der Waals surface area contributed by atoms with E-state index in [2.05, 4.69) is 20.9 Å². The Bertz CT molecular complexity index is 604. The molecule has 0 aromatic heterocycles. The van der Waals surface area contributed by atoms with E-state index in [1.807, 2.05) is 0 Å². The summed E-state index contributed by atoms with van der Waals surface area (Å²) in [5.74, 6) is -1.07. The first-order chi connectivity index (χ1) is 16.8. The number of quaternary nitrogens is 1. The SMILES string of the molecule is CCCCCCCCCCCCCCCCOC1(OP(=O)(O)O)C2CC[N+](C)(CC2)C1CCCC. The minimum absolute atomic E-state index is 0.00535. The number of phosphoric ester groups is 1. The van der Waals surface area contributed by atoms with E-state index in [9.17, 15) is 14.4 Å². The smallest absolute Gasteiger partial charge is 0.344 e. The first kappa shape index (κ1) is 31.2. The standard InChI is InChI=1S/C28H56NO5P/c1-4-6-8-9-10-11-12-13-14-15-16-17-18-19-25-33-28(34-35(30,31)32)26-21-23-29(3,24-22-26)27(28)20-7-5-2/h26-27H,4-25H2,1-3H3,(H-,30,31,32)/p+1. The number of phosphoric acid groups is 1. The molecule has 3 rings (SSSR count). The van der Waals surface area contributed by atoms with E-state index < -0.39 is 13.6 Å². The average Bonchev–Trinajstić information content (AvgIpc) is 2.80. The van der Waals surface area contributed by atoms with Gasteiger partial charge in [-0.3, -0.25) is 0 Å². The molecule has 0 radical (unpaired) electrons. The predicted molar refractivity (Wildman–Crippen MR) is 144 cm³/mol. The molecule has 2 N–H and O–H groups in total. The third-order valence-electron chi connectivity index (χ3n) is 8.68. The number of nitrogens with zero attached hydrogens (tertiary/aromatic N) is 1. The fraction of sp³-hybridized carbons (Fsp3) is 1.00. The molecule has 6 nitrogen and oxygen atoms in total. The third-order valence-corrected chi connectivity index (χ3v) is 9.20. The summed E-state index contributed by atoms with van der Waals surface area (Å²) >= 11 is 0. The van der Waals surface area contributed by atoms with Crippen LogP contribution in [-0.4, -0.2) is 52.8 Å². The zero-order valence-electron chi connectivity index (χ0n) is 23.2. The molecule has 2 unspecified atom stereocenters. The van der Waals surface area contributed by atoms with Crippen molar-refractivity contribution in [3.8, 4) is 0 Å². The Hall–Kier alpha value is 0.0300. The fourth-order valence-corrected chi connectivity index (χ4v) is 7.27. The molecule has 3 saturated heterocycles. The summed E-state index contributed by atoms with van der Waals surface area (Å²) < 4.78 is 24.9. The van der Waals surface area contributed by atoms with Crippen molar-refractivity contribution in [2.24, 2.45) is 5.92 Å². The summed E-state index contributed by atoms with van der Waals surface area (Å²) in [5.41, 5.74) is 0. The average molecular weight is 519 g/mol. The van der Waals surface area contributed by atoms with Crippen molar-refractivity contribution in [3.63, 3.8) is 0 Å². The highest BCUT2D eigenvalue weighted by Crippen LogP contribution is 2.55. The van der Waals surface area contributed by atoms with Crippen molar-refractivity contribution in [2.45, 2.75) is 148 Å². The second-order valence-electron chi connectivity index (χ2n) is 11.6. The largest absolute Gasteiger partial charge is 0.472 e. The van der Waals surface area contributed by atoms with Crippen LogP contribution in [0.1, 0.15) is 136 Å². The molecule has 0 amide bonds. The van der Waals surface area contributed by atoms with Gasteiger partial charge in [-0.1, -0.05) is 104 Å². The summed E-state index contributed by atoms with van der Waals surface area (Å²) in [7, 11) is -2.43. The van der Waals surface area contributed by atoms with Crippen LogP contribution in [0, 0.1) is 5.92 Å². The molecule has 3 aliphatic heterocycles. The van der Waals surface area contributed by atoms with E-state index in [4.69, 9.17) is 9.26 Å². The topological polar surface area (TPSA) is 76.0 Å². The Morgan fingerprint density at radius 2 is 1.23 bits per heavy atom. The molecule has 0 aliphatic carbocycles. The Morgan fingerprint density at radius 3 is 1.69 bits per heavy atom. The van der Waals surface area contributed by atoms with E-state index in [0.717, 1.165) is 62.5 Å². The van der Waals surface area contributed by atoms with Crippen molar-refractivity contribution in [2.75, 3.05) is 26.7 Å². The maximum atomic E-state index is 12.1. The number of rotatable bonds is 21. The molecule has 0 aromatic rings. The number of likely N-dealkylation sites (N-methyl/N-ethyl adjacent to an activating group) is 1. The lowest BCUT2D eigenvalue weighted by Gasteiger charge is -2.60. The molecule has 7 heteroatoms. The van der Waals surface area contributed by atoms with Gasteiger partial charge in [0.05, 0.1) is 26.7 Å². The normalized spacial score (nSPS) is 28.6. The summed E-state index contributed by atoms with van der Waals surface area (Å²) in [6.07, 6.45) is 23.1. The molecular formula is C28H57NO5P+. The molecule has 3 heterocycles. The van der Waals surface area contributed by atoms with Gasteiger partial charge in [0.25, 0.3) is 0 Å². The Kier molecular flexibility index (Phi) is 14.4. The van der Waals surface area contributed by atoms with Gasteiger partial charge in [0.2, 0.25) is 5.79 Å². The van der Waals surface area contributed by atoms with Crippen LogP contribution in [0.2, 0.25) is 0 Å².